The number of benzene rings is 1. The van der Waals surface area contributed by atoms with Crippen molar-refractivity contribution >= 4 is 29.9 Å². The molecule has 1 unspecified atom stereocenters. The summed E-state index contributed by atoms with van der Waals surface area (Å²) in [5.74, 6) is 3.41. The molecule has 1 atom stereocenters. The lowest BCUT2D eigenvalue weighted by atomic mass is 10.1. The van der Waals surface area contributed by atoms with E-state index in [2.05, 4.69) is 38.7 Å². The summed E-state index contributed by atoms with van der Waals surface area (Å²) in [5.41, 5.74) is 2.33. The van der Waals surface area contributed by atoms with Gasteiger partial charge in [0.1, 0.15) is 18.2 Å². The van der Waals surface area contributed by atoms with Crippen molar-refractivity contribution in [3.05, 3.63) is 41.0 Å². The van der Waals surface area contributed by atoms with Crippen LogP contribution in [0.15, 0.2) is 23.2 Å². The Balaban J connectivity index is 0.00000280. The van der Waals surface area contributed by atoms with Gasteiger partial charge in [0.05, 0.1) is 13.7 Å². The molecule has 0 radical (unpaired) electrons. The molecule has 0 aliphatic carbocycles. The summed E-state index contributed by atoms with van der Waals surface area (Å²) in [5, 5.41) is 11.4. The van der Waals surface area contributed by atoms with Crippen molar-refractivity contribution in [2.24, 2.45) is 4.99 Å². The first-order chi connectivity index (χ1) is 13.1. The quantitative estimate of drug-likeness (QED) is 0.359. The van der Waals surface area contributed by atoms with Crippen LogP contribution in [0.5, 0.6) is 5.75 Å². The summed E-state index contributed by atoms with van der Waals surface area (Å²) in [7, 11) is 5.13. The first-order valence-electron chi connectivity index (χ1n) is 9.14. The Morgan fingerprint density at radius 3 is 2.86 bits per heavy atom. The summed E-state index contributed by atoms with van der Waals surface area (Å²) >= 11 is 0. The van der Waals surface area contributed by atoms with E-state index < -0.39 is 0 Å². The van der Waals surface area contributed by atoms with Crippen LogP contribution in [0.25, 0.3) is 0 Å². The van der Waals surface area contributed by atoms with E-state index in [1.807, 2.05) is 16.8 Å². The molecule has 1 aromatic carbocycles. The molecule has 1 aliphatic heterocycles. The average molecular weight is 500 g/mol. The number of ether oxygens (including phenoxy) is 2. The van der Waals surface area contributed by atoms with Crippen molar-refractivity contribution in [3.63, 3.8) is 0 Å². The SMILES string of the molecule is CN=C(NCc1cc(C)cc(OC)c1)NC1CCc2nc(COC)nn2C1.I. The Bertz CT molecular complexity index is 808. The summed E-state index contributed by atoms with van der Waals surface area (Å²) < 4.78 is 12.4. The second-order valence-electron chi connectivity index (χ2n) is 6.72. The van der Waals surface area contributed by atoms with Gasteiger partial charge in [0.2, 0.25) is 0 Å². The molecule has 0 amide bonds. The molecule has 0 saturated heterocycles. The molecule has 3 rings (SSSR count). The molecule has 0 spiro atoms. The lowest BCUT2D eigenvalue weighted by Crippen LogP contribution is -2.46. The third-order valence-corrected chi connectivity index (χ3v) is 4.55. The lowest BCUT2D eigenvalue weighted by Gasteiger charge is -2.25. The molecular formula is C19H29IN6O2. The van der Waals surface area contributed by atoms with E-state index in [0.29, 0.717) is 13.2 Å². The van der Waals surface area contributed by atoms with Crippen LogP contribution in [0.4, 0.5) is 0 Å². The fraction of sp³-hybridized carbons (Fsp3) is 0.526. The zero-order valence-electron chi connectivity index (χ0n) is 16.9. The standard InChI is InChI=1S/C19H28N6O2.HI/c1-13-7-14(9-16(8-13)27-4)10-21-19(20-2)22-15-5-6-18-23-17(12-26-3)24-25(18)11-15;/h7-9,15H,5-6,10-12H2,1-4H3,(H2,20,21,22);1H. The van der Waals surface area contributed by atoms with Crippen LogP contribution in [-0.4, -0.2) is 48.0 Å². The van der Waals surface area contributed by atoms with E-state index in [-0.39, 0.29) is 30.0 Å². The van der Waals surface area contributed by atoms with E-state index in [1.54, 1.807) is 21.3 Å². The van der Waals surface area contributed by atoms with Crippen LogP contribution < -0.4 is 15.4 Å². The molecule has 1 aliphatic rings. The number of rotatable bonds is 6. The number of halogens is 1. The van der Waals surface area contributed by atoms with Crippen LogP contribution in [-0.2, 0) is 30.9 Å². The van der Waals surface area contributed by atoms with E-state index in [1.165, 1.54) is 5.56 Å². The maximum atomic E-state index is 5.34. The highest BCUT2D eigenvalue weighted by Crippen LogP contribution is 2.16. The third-order valence-electron chi connectivity index (χ3n) is 4.55. The predicted octanol–water partition coefficient (Wildman–Crippen LogP) is 2.04. The Morgan fingerprint density at radius 1 is 1.32 bits per heavy atom. The second-order valence-corrected chi connectivity index (χ2v) is 6.72. The van der Waals surface area contributed by atoms with Crippen molar-refractivity contribution in [2.45, 2.75) is 45.5 Å². The zero-order valence-corrected chi connectivity index (χ0v) is 19.2. The molecule has 0 saturated carbocycles. The minimum absolute atomic E-state index is 0. The fourth-order valence-electron chi connectivity index (χ4n) is 3.29. The van der Waals surface area contributed by atoms with Gasteiger partial charge in [-0.15, -0.1) is 24.0 Å². The molecule has 2 N–H and O–H groups in total. The van der Waals surface area contributed by atoms with Crippen molar-refractivity contribution < 1.29 is 9.47 Å². The number of methoxy groups -OCH3 is 2. The third kappa shape index (κ3) is 5.81. The Labute approximate surface area is 183 Å². The minimum Gasteiger partial charge on any atom is -0.497 e. The number of nitrogens with one attached hydrogen (secondary N) is 2. The van der Waals surface area contributed by atoms with Gasteiger partial charge >= 0.3 is 0 Å². The van der Waals surface area contributed by atoms with Gasteiger partial charge in [0.15, 0.2) is 11.8 Å². The van der Waals surface area contributed by atoms with Crippen molar-refractivity contribution in [1.82, 2.24) is 25.4 Å². The number of aliphatic imine (C=N–C) groups is 1. The highest BCUT2D eigenvalue weighted by molar-refractivity contribution is 14.0. The highest BCUT2D eigenvalue weighted by Gasteiger charge is 2.22. The van der Waals surface area contributed by atoms with Crippen LogP contribution in [0.2, 0.25) is 0 Å². The Morgan fingerprint density at radius 2 is 2.14 bits per heavy atom. The summed E-state index contributed by atoms with van der Waals surface area (Å²) in [4.78, 5) is 8.87. The molecule has 2 aromatic rings. The van der Waals surface area contributed by atoms with Gasteiger partial charge in [-0.3, -0.25) is 4.99 Å². The first kappa shape index (κ1) is 22.4. The molecule has 28 heavy (non-hydrogen) atoms. The zero-order chi connectivity index (χ0) is 19.2. The molecule has 0 fully saturated rings. The second kappa shape index (κ2) is 10.6. The monoisotopic (exact) mass is 500 g/mol. The summed E-state index contributed by atoms with van der Waals surface area (Å²) in [6.07, 6.45) is 1.88. The van der Waals surface area contributed by atoms with E-state index >= 15 is 0 Å². The molecule has 154 valence electrons. The number of hydrogen-bond donors (Lipinski definition) is 2. The number of hydrogen-bond acceptors (Lipinski definition) is 5. The van der Waals surface area contributed by atoms with Crippen LogP contribution in [0.1, 0.15) is 29.2 Å². The van der Waals surface area contributed by atoms with E-state index in [9.17, 15) is 0 Å². The van der Waals surface area contributed by atoms with Crippen molar-refractivity contribution in [2.75, 3.05) is 21.3 Å². The van der Waals surface area contributed by atoms with Crippen LogP contribution in [0, 0.1) is 6.92 Å². The largest absolute Gasteiger partial charge is 0.497 e. The number of fused-ring (bicyclic) bond motifs is 1. The molecule has 0 bridgehead atoms. The van der Waals surface area contributed by atoms with Crippen molar-refractivity contribution in [3.8, 4) is 5.75 Å². The van der Waals surface area contributed by atoms with E-state index in [4.69, 9.17) is 9.47 Å². The van der Waals surface area contributed by atoms with Gasteiger partial charge in [-0.1, -0.05) is 6.07 Å². The topological polar surface area (TPSA) is 85.6 Å². The molecule has 9 heteroatoms. The number of aromatic nitrogens is 3. The summed E-state index contributed by atoms with van der Waals surface area (Å²) in [6, 6.07) is 6.45. The smallest absolute Gasteiger partial charge is 0.191 e. The Hall–Kier alpha value is -1.88. The normalized spacial score (nSPS) is 16.1. The summed E-state index contributed by atoms with van der Waals surface area (Å²) in [6.45, 7) is 3.96. The van der Waals surface area contributed by atoms with Gasteiger partial charge in [-0.2, -0.15) is 5.10 Å². The van der Waals surface area contributed by atoms with Crippen LogP contribution >= 0.6 is 24.0 Å². The van der Waals surface area contributed by atoms with Gasteiger partial charge < -0.3 is 20.1 Å². The lowest BCUT2D eigenvalue weighted by molar-refractivity contribution is 0.177. The van der Waals surface area contributed by atoms with Gasteiger partial charge in [-0.05, 0) is 36.6 Å². The van der Waals surface area contributed by atoms with Crippen molar-refractivity contribution in [1.29, 1.82) is 0 Å². The maximum Gasteiger partial charge on any atom is 0.191 e. The number of aryl methyl sites for hydroxylation is 2. The molecular weight excluding hydrogens is 471 g/mol. The highest BCUT2D eigenvalue weighted by atomic mass is 127. The molecule has 1 aromatic heterocycles. The molecule has 2 heterocycles. The minimum atomic E-state index is 0. The predicted molar refractivity (Wildman–Crippen MR) is 119 cm³/mol. The van der Waals surface area contributed by atoms with E-state index in [0.717, 1.165) is 48.3 Å². The van der Waals surface area contributed by atoms with Gasteiger partial charge in [0.25, 0.3) is 0 Å². The number of nitrogens with zero attached hydrogens (tertiary/aromatic N) is 4. The maximum absolute atomic E-state index is 5.34. The van der Waals surface area contributed by atoms with Gasteiger partial charge in [0, 0.05) is 33.2 Å². The first-order valence-corrected chi connectivity index (χ1v) is 9.14. The molecule has 8 nitrogen and oxygen atoms in total. The fourth-order valence-corrected chi connectivity index (χ4v) is 3.29. The van der Waals surface area contributed by atoms with Crippen LogP contribution in [0.3, 0.4) is 0 Å². The average Bonchev–Trinajstić information content (AvgIpc) is 3.06. The number of guanidine groups is 1. The van der Waals surface area contributed by atoms with Gasteiger partial charge in [-0.25, -0.2) is 9.67 Å². The Kier molecular flexibility index (Phi) is 8.49.